The highest BCUT2D eigenvalue weighted by atomic mass is 16.3. The summed E-state index contributed by atoms with van der Waals surface area (Å²) in [4.78, 5) is 2.28. The van der Waals surface area contributed by atoms with Crippen molar-refractivity contribution in [1.29, 1.82) is 0 Å². The van der Waals surface area contributed by atoms with Crippen molar-refractivity contribution in [1.82, 2.24) is 10.2 Å². The molecule has 3 heteroatoms. The molecule has 0 bridgehead atoms. The normalized spacial score (nSPS) is 30.6. The van der Waals surface area contributed by atoms with Crippen LogP contribution in [0.5, 0.6) is 0 Å². The van der Waals surface area contributed by atoms with E-state index in [2.05, 4.69) is 52.0 Å². The molecule has 0 amide bonds. The molecule has 1 fully saturated rings. The van der Waals surface area contributed by atoms with Crippen LogP contribution >= 0.6 is 0 Å². The summed E-state index contributed by atoms with van der Waals surface area (Å²) in [5.74, 6) is 0.649. The third kappa shape index (κ3) is 2.76. The maximum Gasteiger partial charge on any atom is 0.0621 e. The zero-order valence-corrected chi connectivity index (χ0v) is 11.6. The number of nitrogens with zero attached hydrogens (tertiary/aromatic N) is 1. The lowest BCUT2D eigenvalue weighted by Crippen LogP contribution is -2.61. The highest BCUT2D eigenvalue weighted by molar-refractivity contribution is 5.02. The fraction of sp³-hybridized carbons (Fsp3) is 1.00. The van der Waals surface area contributed by atoms with Crippen LogP contribution in [0, 0.1) is 11.3 Å². The lowest BCUT2D eigenvalue weighted by atomic mass is 9.64. The molecule has 0 saturated heterocycles. The van der Waals surface area contributed by atoms with Crippen molar-refractivity contribution in [3.63, 3.8) is 0 Å². The van der Waals surface area contributed by atoms with Gasteiger partial charge in [0.05, 0.1) is 6.10 Å². The minimum Gasteiger partial charge on any atom is -0.392 e. The first-order valence-corrected chi connectivity index (χ1v) is 6.34. The van der Waals surface area contributed by atoms with Crippen molar-refractivity contribution in [3.8, 4) is 0 Å². The molecule has 0 aromatic heterocycles. The van der Waals surface area contributed by atoms with E-state index >= 15 is 0 Å². The summed E-state index contributed by atoms with van der Waals surface area (Å²) in [7, 11) is 4.26. The lowest BCUT2D eigenvalue weighted by Gasteiger charge is -2.50. The molecule has 1 rings (SSSR count). The van der Waals surface area contributed by atoms with E-state index in [0.717, 1.165) is 13.0 Å². The summed E-state index contributed by atoms with van der Waals surface area (Å²) in [6.07, 6.45) is 0.757. The van der Waals surface area contributed by atoms with Gasteiger partial charge in [-0.2, -0.15) is 0 Å². The molecule has 3 unspecified atom stereocenters. The number of rotatable bonds is 5. The number of hydrogen-bond acceptors (Lipinski definition) is 3. The van der Waals surface area contributed by atoms with Crippen LogP contribution < -0.4 is 5.32 Å². The van der Waals surface area contributed by atoms with Gasteiger partial charge in [0.25, 0.3) is 0 Å². The Morgan fingerprint density at radius 2 is 1.94 bits per heavy atom. The Balaban J connectivity index is 2.40. The number of hydrogen-bond donors (Lipinski definition) is 2. The predicted molar refractivity (Wildman–Crippen MR) is 68.5 cm³/mol. The van der Waals surface area contributed by atoms with Crippen LogP contribution in [0.15, 0.2) is 0 Å². The second kappa shape index (κ2) is 5.03. The molecular formula is C13H28N2O. The molecule has 16 heavy (non-hydrogen) atoms. The highest BCUT2D eigenvalue weighted by Gasteiger charge is 2.47. The Morgan fingerprint density at radius 3 is 2.25 bits per heavy atom. The molecule has 0 aromatic rings. The van der Waals surface area contributed by atoms with E-state index in [1.807, 2.05) is 0 Å². The van der Waals surface area contributed by atoms with Gasteiger partial charge in [-0.1, -0.05) is 27.7 Å². The Bertz CT molecular complexity index is 218. The molecule has 1 aliphatic rings. The molecule has 3 atom stereocenters. The van der Waals surface area contributed by atoms with Gasteiger partial charge >= 0.3 is 0 Å². The number of nitrogens with one attached hydrogen (secondary N) is 1. The Morgan fingerprint density at radius 1 is 1.38 bits per heavy atom. The maximum absolute atomic E-state index is 9.68. The number of likely N-dealkylation sites (N-methyl/N-ethyl adjacent to an activating group) is 1. The van der Waals surface area contributed by atoms with Crippen LogP contribution in [-0.4, -0.2) is 48.8 Å². The third-order valence-corrected chi connectivity index (χ3v) is 4.22. The van der Waals surface area contributed by atoms with Crippen LogP contribution in [0.2, 0.25) is 0 Å². The molecule has 0 aromatic carbocycles. The van der Waals surface area contributed by atoms with Crippen molar-refractivity contribution < 1.29 is 5.11 Å². The minimum atomic E-state index is -0.137. The van der Waals surface area contributed by atoms with Crippen LogP contribution in [0.1, 0.15) is 34.1 Å². The van der Waals surface area contributed by atoms with E-state index in [0.29, 0.717) is 18.0 Å². The van der Waals surface area contributed by atoms with Crippen LogP contribution in [0.3, 0.4) is 0 Å². The van der Waals surface area contributed by atoms with Crippen molar-refractivity contribution in [2.75, 3.05) is 20.6 Å². The van der Waals surface area contributed by atoms with Gasteiger partial charge in [0, 0.05) is 24.0 Å². The molecule has 0 aliphatic heterocycles. The number of aliphatic hydroxyl groups is 1. The molecule has 0 spiro atoms. The summed E-state index contributed by atoms with van der Waals surface area (Å²) in [5, 5.41) is 13.3. The van der Waals surface area contributed by atoms with E-state index in [1.165, 1.54) is 0 Å². The average molecular weight is 228 g/mol. The summed E-state index contributed by atoms with van der Waals surface area (Å²) < 4.78 is 0. The van der Waals surface area contributed by atoms with Gasteiger partial charge in [-0.25, -0.2) is 0 Å². The summed E-state index contributed by atoms with van der Waals surface area (Å²) in [5.41, 5.74) is 0.0356. The fourth-order valence-electron chi connectivity index (χ4n) is 2.53. The summed E-state index contributed by atoms with van der Waals surface area (Å²) >= 11 is 0. The molecule has 0 heterocycles. The molecule has 1 aliphatic carbocycles. The average Bonchev–Trinajstić information content (AvgIpc) is 2.15. The van der Waals surface area contributed by atoms with Crippen LogP contribution in [0.25, 0.3) is 0 Å². The molecule has 3 nitrogen and oxygen atoms in total. The van der Waals surface area contributed by atoms with E-state index in [1.54, 1.807) is 0 Å². The molecule has 1 saturated carbocycles. The quantitative estimate of drug-likeness (QED) is 0.745. The second-order valence-corrected chi connectivity index (χ2v) is 6.31. The zero-order valence-electron chi connectivity index (χ0n) is 11.6. The standard InChI is InChI=1S/C13H28N2O/c1-9(2)10(15(5)6)8-14-11-7-12(16)13(11,3)4/h9-12,14,16H,7-8H2,1-6H3. The molecule has 0 radical (unpaired) electrons. The monoisotopic (exact) mass is 228 g/mol. The van der Waals surface area contributed by atoms with E-state index in [4.69, 9.17) is 0 Å². The van der Waals surface area contributed by atoms with E-state index in [-0.39, 0.29) is 11.5 Å². The fourth-order valence-corrected chi connectivity index (χ4v) is 2.53. The minimum absolute atomic E-state index is 0.0356. The predicted octanol–water partition coefficient (Wildman–Crippen LogP) is 1.32. The van der Waals surface area contributed by atoms with Crippen LogP contribution in [0.4, 0.5) is 0 Å². The van der Waals surface area contributed by atoms with Crippen molar-refractivity contribution in [2.24, 2.45) is 11.3 Å². The Hall–Kier alpha value is -0.120. The zero-order chi connectivity index (χ0) is 12.5. The first-order valence-electron chi connectivity index (χ1n) is 6.34. The van der Waals surface area contributed by atoms with Gasteiger partial charge in [0.2, 0.25) is 0 Å². The molecular weight excluding hydrogens is 200 g/mol. The first-order chi connectivity index (χ1) is 7.26. The van der Waals surface area contributed by atoms with Gasteiger partial charge in [-0.3, -0.25) is 0 Å². The van der Waals surface area contributed by atoms with Gasteiger partial charge in [-0.15, -0.1) is 0 Å². The van der Waals surface area contributed by atoms with Crippen molar-refractivity contribution in [2.45, 2.75) is 52.3 Å². The highest BCUT2D eigenvalue weighted by Crippen LogP contribution is 2.40. The second-order valence-electron chi connectivity index (χ2n) is 6.31. The maximum atomic E-state index is 9.68. The third-order valence-electron chi connectivity index (χ3n) is 4.22. The van der Waals surface area contributed by atoms with Gasteiger partial charge in [-0.05, 0) is 26.4 Å². The topological polar surface area (TPSA) is 35.5 Å². The van der Waals surface area contributed by atoms with Crippen molar-refractivity contribution in [3.05, 3.63) is 0 Å². The Labute approximate surface area is 100 Å². The molecule has 2 N–H and O–H groups in total. The van der Waals surface area contributed by atoms with E-state index in [9.17, 15) is 5.11 Å². The van der Waals surface area contributed by atoms with Crippen LogP contribution in [-0.2, 0) is 0 Å². The summed E-state index contributed by atoms with van der Waals surface area (Å²) in [6, 6.07) is 1.03. The molecule has 96 valence electrons. The first kappa shape index (κ1) is 13.9. The summed E-state index contributed by atoms with van der Waals surface area (Å²) in [6.45, 7) is 9.80. The van der Waals surface area contributed by atoms with Gasteiger partial charge < -0.3 is 15.3 Å². The smallest absolute Gasteiger partial charge is 0.0621 e. The lowest BCUT2D eigenvalue weighted by molar-refractivity contribution is -0.0740. The van der Waals surface area contributed by atoms with Crippen molar-refractivity contribution >= 4 is 0 Å². The largest absolute Gasteiger partial charge is 0.392 e. The Kier molecular flexibility index (Phi) is 4.38. The van der Waals surface area contributed by atoms with E-state index < -0.39 is 0 Å². The number of aliphatic hydroxyl groups excluding tert-OH is 1. The van der Waals surface area contributed by atoms with Gasteiger partial charge in [0.15, 0.2) is 0 Å². The SMILES string of the molecule is CC(C)C(CNC1CC(O)C1(C)C)N(C)C. The van der Waals surface area contributed by atoms with Gasteiger partial charge in [0.1, 0.15) is 0 Å².